The number of esters is 1. The zero-order chi connectivity index (χ0) is 21.8. The van der Waals surface area contributed by atoms with Gasteiger partial charge in [0.25, 0.3) is 0 Å². The SMILES string of the molecule is CCOC(=O)[C@@]12C(=O)CC(C)(C)O[C@@H]1CC(O[Si](C)(C)C(C)(C)C)=CC2(C)C. The quantitative estimate of drug-likeness (QED) is 0.370. The Bertz CT molecular complexity index is 684. The lowest BCUT2D eigenvalue weighted by Crippen LogP contribution is -2.66. The van der Waals surface area contributed by atoms with E-state index < -0.39 is 36.8 Å². The van der Waals surface area contributed by atoms with E-state index in [1.807, 2.05) is 33.8 Å². The van der Waals surface area contributed by atoms with Gasteiger partial charge in [-0.3, -0.25) is 9.59 Å². The predicted molar refractivity (Wildman–Crippen MR) is 112 cm³/mol. The summed E-state index contributed by atoms with van der Waals surface area (Å²) in [6.07, 6.45) is 1.98. The van der Waals surface area contributed by atoms with Gasteiger partial charge in [-0.05, 0) is 45.0 Å². The summed E-state index contributed by atoms with van der Waals surface area (Å²) < 4.78 is 18.3. The summed E-state index contributed by atoms with van der Waals surface area (Å²) in [7, 11) is -2.06. The van der Waals surface area contributed by atoms with Crippen LogP contribution in [0.1, 0.15) is 68.2 Å². The van der Waals surface area contributed by atoms with Gasteiger partial charge in [0.2, 0.25) is 8.32 Å². The van der Waals surface area contributed by atoms with E-state index in [2.05, 4.69) is 33.9 Å². The zero-order valence-electron chi connectivity index (χ0n) is 19.3. The second-order valence-corrected chi connectivity index (χ2v) is 15.6. The van der Waals surface area contributed by atoms with Crippen LogP contribution in [0, 0.1) is 10.8 Å². The first-order chi connectivity index (χ1) is 12.5. The van der Waals surface area contributed by atoms with E-state index in [1.54, 1.807) is 6.92 Å². The minimum Gasteiger partial charge on any atom is -0.547 e. The summed E-state index contributed by atoms with van der Waals surface area (Å²) in [5.74, 6) is 0.250. The normalized spacial score (nSPS) is 29.6. The molecule has 2 rings (SSSR count). The Morgan fingerprint density at radius 1 is 1.25 bits per heavy atom. The Balaban J connectivity index is 2.56. The molecule has 2 atom stereocenters. The predicted octanol–water partition coefficient (Wildman–Crippen LogP) is 5.01. The van der Waals surface area contributed by atoms with E-state index in [9.17, 15) is 9.59 Å². The summed E-state index contributed by atoms with van der Waals surface area (Å²) in [4.78, 5) is 26.6. The molecule has 160 valence electrons. The van der Waals surface area contributed by atoms with Gasteiger partial charge in [-0.15, -0.1) is 0 Å². The fraction of sp³-hybridized carbons (Fsp3) is 0.818. The molecule has 2 aliphatic rings. The van der Waals surface area contributed by atoms with Crippen LogP contribution < -0.4 is 0 Å². The number of fused-ring (bicyclic) bond motifs is 1. The largest absolute Gasteiger partial charge is 0.547 e. The summed E-state index contributed by atoms with van der Waals surface area (Å²) >= 11 is 0. The number of hydrogen-bond donors (Lipinski definition) is 0. The van der Waals surface area contributed by atoms with Crippen molar-refractivity contribution in [2.75, 3.05) is 6.61 Å². The average molecular weight is 411 g/mol. The highest BCUT2D eigenvalue weighted by Crippen LogP contribution is 2.56. The third kappa shape index (κ3) is 3.70. The van der Waals surface area contributed by atoms with Gasteiger partial charge >= 0.3 is 5.97 Å². The molecule has 28 heavy (non-hydrogen) atoms. The third-order valence-electron chi connectivity index (χ3n) is 6.68. The molecule has 0 aromatic carbocycles. The number of ether oxygens (including phenoxy) is 2. The van der Waals surface area contributed by atoms with Crippen molar-refractivity contribution in [3.05, 3.63) is 11.8 Å². The first kappa shape index (κ1) is 23.1. The molecule has 0 spiro atoms. The van der Waals surface area contributed by atoms with Gasteiger partial charge in [-0.25, -0.2) is 0 Å². The molecule has 5 nitrogen and oxygen atoms in total. The Morgan fingerprint density at radius 3 is 2.32 bits per heavy atom. The second-order valence-electron chi connectivity index (χ2n) is 10.9. The molecule has 0 saturated carbocycles. The molecule has 0 N–H and O–H groups in total. The average Bonchev–Trinajstić information content (AvgIpc) is 2.42. The summed E-state index contributed by atoms with van der Waals surface area (Å²) in [5.41, 5.74) is -2.72. The maximum atomic E-state index is 13.4. The Hall–Kier alpha value is -1.14. The molecule has 1 heterocycles. The first-order valence-electron chi connectivity index (χ1n) is 10.3. The summed E-state index contributed by atoms with van der Waals surface area (Å²) in [6, 6.07) is 0. The molecule has 1 aliphatic heterocycles. The molecule has 0 aromatic rings. The van der Waals surface area contributed by atoms with Gasteiger partial charge in [0.05, 0.1) is 24.1 Å². The van der Waals surface area contributed by atoms with Crippen LogP contribution >= 0.6 is 0 Å². The van der Waals surface area contributed by atoms with Crippen LogP contribution in [0.25, 0.3) is 0 Å². The number of rotatable bonds is 4. The monoisotopic (exact) mass is 410 g/mol. The van der Waals surface area contributed by atoms with Crippen LogP contribution in [0.15, 0.2) is 11.8 Å². The highest BCUT2D eigenvalue weighted by molar-refractivity contribution is 6.74. The summed E-state index contributed by atoms with van der Waals surface area (Å²) in [5, 5.41) is 0.0518. The fourth-order valence-electron chi connectivity index (χ4n) is 4.25. The Labute approximate surface area is 171 Å². The highest BCUT2D eigenvalue weighted by atomic mass is 28.4. The number of carbonyl (C=O) groups excluding carboxylic acids is 2. The molecule has 6 heteroatoms. The zero-order valence-corrected chi connectivity index (χ0v) is 20.3. The maximum absolute atomic E-state index is 13.4. The van der Waals surface area contributed by atoms with Crippen molar-refractivity contribution < 1.29 is 23.5 Å². The lowest BCUT2D eigenvalue weighted by Gasteiger charge is -2.55. The molecule has 0 radical (unpaired) electrons. The second kappa shape index (κ2) is 6.98. The van der Waals surface area contributed by atoms with E-state index in [0.29, 0.717) is 6.42 Å². The third-order valence-corrected chi connectivity index (χ3v) is 11.1. The molecule has 0 bridgehead atoms. The number of Topliss-reactive ketones (excluding diaryl/α,β-unsaturated/α-hetero) is 1. The molecule has 0 unspecified atom stereocenters. The van der Waals surface area contributed by atoms with Crippen LogP contribution in [0.3, 0.4) is 0 Å². The van der Waals surface area contributed by atoms with Crippen molar-refractivity contribution in [3.63, 3.8) is 0 Å². The molecular formula is C22H38O5Si. The van der Waals surface area contributed by atoms with Crippen molar-refractivity contribution in [2.45, 2.75) is 98.1 Å². The highest BCUT2D eigenvalue weighted by Gasteiger charge is 2.67. The van der Waals surface area contributed by atoms with Crippen molar-refractivity contribution in [1.82, 2.24) is 0 Å². The van der Waals surface area contributed by atoms with Crippen molar-refractivity contribution >= 4 is 20.1 Å². The van der Waals surface area contributed by atoms with Gasteiger partial charge in [0.15, 0.2) is 11.2 Å². The fourth-order valence-corrected chi connectivity index (χ4v) is 5.36. The van der Waals surface area contributed by atoms with Gasteiger partial charge < -0.3 is 13.9 Å². The first-order valence-corrected chi connectivity index (χ1v) is 13.2. The van der Waals surface area contributed by atoms with Gasteiger partial charge in [0.1, 0.15) is 0 Å². The van der Waals surface area contributed by atoms with E-state index in [1.165, 1.54) is 0 Å². The summed E-state index contributed by atoms with van der Waals surface area (Å²) in [6.45, 7) is 20.6. The minimum absolute atomic E-state index is 0.0518. The lowest BCUT2D eigenvalue weighted by molar-refractivity contribution is -0.215. The number of ketones is 1. The van der Waals surface area contributed by atoms with Crippen LogP contribution in [0.5, 0.6) is 0 Å². The van der Waals surface area contributed by atoms with Crippen LogP contribution in [-0.2, 0) is 23.5 Å². The van der Waals surface area contributed by atoms with Crippen molar-refractivity contribution in [2.24, 2.45) is 10.8 Å². The Kier molecular flexibility index (Phi) is 5.76. The molecular weight excluding hydrogens is 372 g/mol. The topological polar surface area (TPSA) is 61.8 Å². The van der Waals surface area contributed by atoms with Gasteiger partial charge in [-0.2, -0.15) is 0 Å². The number of allylic oxidation sites excluding steroid dienone is 1. The number of carbonyl (C=O) groups is 2. The van der Waals surface area contributed by atoms with E-state index >= 15 is 0 Å². The van der Waals surface area contributed by atoms with Crippen LogP contribution in [0.2, 0.25) is 18.1 Å². The van der Waals surface area contributed by atoms with Crippen molar-refractivity contribution in [1.29, 1.82) is 0 Å². The van der Waals surface area contributed by atoms with Crippen molar-refractivity contribution in [3.8, 4) is 0 Å². The molecule has 1 fully saturated rings. The van der Waals surface area contributed by atoms with Gasteiger partial charge in [-0.1, -0.05) is 34.6 Å². The van der Waals surface area contributed by atoms with E-state index in [0.717, 1.165) is 5.76 Å². The molecule has 0 aromatic heterocycles. The smallest absolute Gasteiger partial charge is 0.323 e. The van der Waals surface area contributed by atoms with E-state index in [4.69, 9.17) is 13.9 Å². The molecule has 1 aliphatic carbocycles. The maximum Gasteiger partial charge on any atom is 0.323 e. The lowest BCUT2D eigenvalue weighted by atomic mass is 9.54. The van der Waals surface area contributed by atoms with Crippen LogP contribution in [0.4, 0.5) is 0 Å². The molecule has 0 amide bonds. The minimum atomic E-state index is -2.06. The van der Waals surface area contributed by atoms with Gasteiger partial charge in [0, 0.05) is 18.3 Å². The Morgan fingerprint density at radius 2 is 1.82 bits per heavy atom. The standard InChI is InChI=1S/C22H38O5Si/c1-11-25-18(24)22-16(23)14-21(7,8)26-17(22)12-15(13-20(22,5)6)27-28(9,10)19(2,3)4/h13,17H,11-12,14H2,1-10H3/t17-,22-/m1/s1. The van der Waals surface area contributed by atoms with E-state index in [-0.39, 0.29) is 23.8 Å². The van der Waals surface area contributed by atoms with Crippen LogP contribution in [-0.4, -0.2) is 38.4 Å². The molecule has 1 saturated heterocycles. The number of hydrogen-bond acceptors (Lipinski definition) is 5.